The molecule has 0 fully saturated rings. The van der Waals surface area contributed by atoms with Gasteiger partial charge >= 0.3 is 0 Å². The summed E-state index contributed by atoms with van der Waals surface area (Å²) in [5.74, 6) is 1.88. The molecule has 6 nitrogen and oxygen atoms in total. The second-order valence-electron chi connectivity index (χ2n) is 5.04. The summed E-state index contributed by atoms with van der Waals surface area (Å²) in [6.45, 7) is 2.85. The Bertz CT molecular complexity index is 794. The van der Waals surface area contributed by atoms with E-state index in [1.54, 1.807) is 13.3 Å². The molecule has 0 saturated heterocycles. The molecule has 0 radical (unpaired) electrons. The standard InChI is InChI=1S/C18H19N5O/c1-3-23(14-9-5-4-6-10-14)17-13-19-22-18(21-17)20-15-11-7-8-12-16(15)24-2/h4-13H,3H2,1-2H3,(H,20,21,22). The van der Waals surface area contributed by atoms with Gasteiger partial charge in [0, 0.05) is 12.2 Å². The van der Waals surface area contributed by atoms with E-state index in [9.17, 15) is 0 Å². The average molecular weight is 321 g/mol. The van der Waals surface area contributed by atoms with Gasteiger partial charge in [-0.15, -0.1) is 5.10 Å². The van der Waals surface area contributed by atoms with E-state index < -0.39 is 0 Å². The predicted octanol–water partition coefficient (Wildman–Crippen LogP) is 3.78. The third-order valence-corrected chi connectivity index (χ3v) is 3.56. The number of hydrogen-bond acceptors (Lipinski definition) is 6. The first-order valence-corrected chi connectivity index (χ1v) is 7.74. The van der Waals surface area contributed by atoms with Crippen LogP contribution in [0.4, 0.5) is 23.1 Å². The van der Waals surface area contributed by atoms with Gasteiger partial charge in [-0.2, -0.15) is 10.1 Å². The van der Waals surface area contributed by atoms with E-state index in [1.807, 2.05) is 54.6 Å². The van der Waals surface area contributed by atoms with E-state index in [0.29, 0.717) is 5.95 Å². The number of para-hydroxylation sites is 3. The average Bonchev–Trinajstić information content (AvgIpc) is 2.64. The lowest BCUT2D eigenvalue weighted by molar-refractivity contribution is 0.417. The summed E-state index contributed by atoms with van der Waals surface area (Å²) in [5, 5.41) is 11.3. The van der Waals surface area contributed by atoms with Crippen molar-refractivity contribution in [3.8, 4) is 5.75 Å². The van der Waals surface area contributed by atoms with E-state index in [-0.39, 0.29) is 0 Å². The number of hydrogen-bond donors (Lipinski definition) is 1. The summed E-state index contributed by atoms with van der Waals surface area (Å²) in [7, 11) is 1.63. The van der Waals surface area contributed by atoms with Gasteiger partial charge in [-0.3, -0.25) is 0 Å². The van der Waals surface area contributed by atoms with Crippen LogP contribution < -0.4 is 15.0 Å². The van der Waals surface area contributed by atoms with Gasteiger partial charge in [0.15, 0.2) is 5.82 Å². The summed E-state index contributed by atoms with van der Waals surface area (Å²) < 4.78 is 5.34. The Morgan fingerprint density at radius 3 is 2.54 bits per heavy atom. The minimum absolute atomic E-state index is 0.423. The van der Waals surface area contributed by atoms with Crippen LogP contribution in [-0.4, -0.2) is 28.8 Å². The molecular formula is C18H19N5O. The lowest BCUT2D eigenvalue weighted by Crippen LogP contribution is -2.18. The summed E-state index contributed by atoms with van der Waals surface area (Å²) in [6, 6.07) is 17.7. The Balaban J connectivity index is 1.89. The van der Waals surface area contributed by atoms with Gasteiger partial charge in [0.05, 0.1) is 19.0 Å². The van der Waals surface area contributed by atoms with Crippen molar-refractivity contribution in [2.45, 2.75) is 6.92 Å². The van der Waals surface area contributed by atoms with Gasteiger partial charge in [-0.1, -0.05) is 30.3 Å². The molecule has 0 aliphatic heterocycles. The highest BCUT2D eigenvalue weighted by atomic mass is 16.5. The van der Waals surface area contributed by atoms with Gasteiger partial charge in [-0.25, -0.2) is 0 Å². The minimum Gasteiger partial charge on any atom is -0.495 e. The zero-order valence-corrected chi connectivity index (χ0v) is 13.7. The molecule has 1 N–H and O–H groups in total. The molecule has 122 valence electrons. The molecule has 3 aromatic rings. The molecule has 1 aromatic heterocycles. The van der Waals surface area contributed by atoms with Crippen molar-refractivity contribution in [2.75, 3.05) is 23.9 Å². The Kier molecular flexibility index (Phi) is 4.86. The fourth-order valence-electron chi connectivity index (χ4n) is 2.43. The SMILES string of the molecule is CCN(c1ccccc1)c1cnnc(Nc2ccccc2OC)n1. The number of anilines is 4. The molecule has 0 unspecified atom stereocenters. The van der Waals surface area contributed by atoms with Gasteiger partial charge < -0.3 is 15.0 Å². The normalized spacial score (nSPS) is 10.2. The van der Waals surface area contributed by atoms with Gasteiger partial charge in [0.2, 0.25) is 5.95 Å². The van der Waals surface area contributed by atoms with Crippen LogP contribution in [0.15, 0.2) is 60.8 Å². The van der Waals surface area contributed by atoms with E-state index in [4.69, 9.17) is 4.74 Å². The van der Waals surface area contributed by atoms with Crippen molar-refractivity contribution in [1.82, 2.24) is 15.2 Å². The van der Waals surface area contributed by atoms with E-state index in [2.05, 4.69) is 32.3 Å². The first-order valence-electron chi connectivity index (χ1n) is 7.74. The topological polar surface area (TPSA) is 63.2 Å². The molecule has 6 heteroatoms. The van der Waals surface area contributed by atoms with Crippen molar-refractivity contribution in [3.63, 3.8) is 0 Å². The zero-order chi connectivity index (χ0) is 16.8. The van der Waals surface area contributed by atoms with Crippen LogP contribution in [0.25, 0.3) is 0 Å². The molecule has 0 bridgehead atoms. The largest absolute Gasteiger partial charge is 0.495 e. The molecule has 2 aromatic carbocycles. The number of nitrogens with zero attached hydrogens (tertiary/aromatic N) is 4. The van der Waals surface area contributed by atoms with Crippen molar-refractivity contribution in [1.29, 1.82) is 0 Å². The molecule has 0 aliphatic rings. The van der Waals surface area contributed by atoms with Crippen LogP contribution in [0.5, 0.6) is 5.75 Å². The van der Waals surface area contributed by atoms with Crippen molar-refractivity contribution in [2.24, 2.45) is 0 Å². The van der Waals surface area contributed by atoms with Crippen LogP contribution >= 0.6 is 0 Å². The van der Waals surface area contributed by atoms with Crippen LogP contribution in [-0.2, 0) is 0 Å². The molecule has 0 saturated carbocycles. The minimum atomic E-state index is 0.423. The van der Waals surface area contributed by atoms with Gasteiger partial charge in [0.1, 0.15) is 5.75 Å². The number of ether oxygens (including phenoxy) is 1. The smallest absolute Gasteiger partial charge is 0.249 e. The van der Waals surface area contributed by atoms with E-state index in [0.717, 1.165) is 29.5 Å². The maximum Gasteiger partial charge on any atom is 0.249 e. The molecule has 1 heterocycles. The first kappa shape index (κ1) is 15.7. The maximum absolute atomic E-state index is 5.34. The Morgan fingerprint density at radius 1 is 1.04 bits per heavy atom. The first-order chi connectivity index (χ1) is 11.8. The molecule has 0 spiro atoms. The van der Waals surface area contributed by atoms with Gasteiger partial charge in [-0.05, 0) is 31.2 Å². The number of methoxy groups -OCH3 is 1. The third-order valence-electron chi connectivity index (χ3n) is 3.56. The molecule has 0 atom stereocenters. The molecular weight excluding hydrogens is 302 g/mol. The summed E-state index contributed by atoms with van der Waals surface area (Å²) in [6.07, 6.45) is 1.66. The van der Waals surface area contributed by atoms with Crippen LogP contribution in [0.1, 0.15) is 6.92 Å². The Hall–Kier alpha value is -3.15. The van der Waals surface area contributed by atoms with E-state index in [1.165, 1.54) is 0 Å². The van der Waals surface area contributed by atoms with Gasteiger partial charge in [0.25, 0.3) is 0 Å². The summed E-state index contributed by atoms with van der Waals surface area (Å²) >= 11 is 0. The second-order valence-corrected chi connectivity index (χ2v) is 5.04. The zero-order valence-electron chi connectivity index (χ0n) is 13.7. The quantitative estimate of drug-likeness (QED) is 0.745. The number of rotatable bonds is 6. The lowest BCUT2D eigenvalue weighted by Gasteiger charge is -2.21. The highest BCUT2D eigenvalue weighted by Crippen LogP contribution is 2.27. The summed E-state index contributed by atoms with van der Waals surface area (Å²) in [4.78, 5) is 6.65. The fraction of sp³-hybridized carbons (Fsp3) is 0.167. The third kappa shape index (κ3) is 3.43. The molecule has 0 amide bonds. The lowest BCUT2D eigenvalue weighted by atomic mass is 10.3. The van der Waals surface area contributed by atoms with Crippen LogP contribution in [0.2, 0.25) is 0 Å². The molecule has 24 heavy (non-hydrogen) atoms. The predicted molar refractivity (Wildman–Crippen MR) is 95.2 cm³/mol. The summed E-state index contributed by atoms with van der Waals surface area (Å²) in [5.41, 5.74) is 1.85. The highest BCUT2D eigenvalue weighted by molar-refractivity contribution is 5.64. The maximum atomic E-state index is 5.34. The highest BCUT2D eigenvalue weighted by Gasteiger charge is 2.11. The van der Waals surface area contributed by atoms with Crippen LogP contribution in [0.3, 0.4) is 0 Å². The molecule has 0 aliphatic carbocycles. The number of benzene rings is 2. The van der Waals surface area contributed by atoms with E-state index >= 15 is 0 Å². The molecule has 3 rings (SSSR count). The van der Waals surface area contributed by atoms with Crippen molar-refractivity contribution < 1.29 is 4.74 Å². The monoisotopic (exact) mass is 321 g/mol. The number of aromatic nitrogens is 3. The van der Waals surface area contributed by atoms with Crippen molar-refractivity contribution >= 4 is 23.1 Å². The fourth-order valence-corrected chi connectivity index (χ4v) is 2.43. The van der Waals surface area contributed by atoms with Crippen molar-refractivity contribution in [3.05, 3.63) is 60.8 Å². The Labute approximate surface area is 141 Å². The van der Waals surface area contributed by atoms with Crippen LogP contribution in [0, 0.1) is 0 Å². The number of nitrogens with one attached hydrogen (secondary N) is 1. The second kappa shape index (κ2) is 7.41. The Morgan fingerprint density at radius 2 is 1.79 bits per heavy atom.